The van der Waals surface area contributed by atoms with E-state index in [4.69, 9.17) is 0 Å². The zero-order chi connectivity index (χ0) is 15.9. The minimum Gasteiger partial charge on any atom is -0.468 e. The van der Waals surface area contributed by atoms with E-state index in [1.807, 2.05) is 0 Å². The van der Waals surface area contributed by atoms with Crippen LogP contribution in [0.4, 0.5) is 13.2 Å². The lowest BCUT2D eigenvalue weighted by Gasteiger charge is -2.14. The van der Waals surface area contributed by atoms with Gasteiger partial charge < -0.3 is 15.4 Å². The second-order valence-corrected chi connectivity index (χ2v) is 4.55. The van der Waals surface area contributed by atoms with Crippen LogP contribution in [0.1, 0.15) is 12.5 Å². The van der Waals surface area contributed by atoms with Crippen molar-refractivity contribution in [2.24, 2.45) is 5.92 Å². The van der Waals surface area contributed by atoms with E-state index in [1.54, 1.807) is 26.1 Å². The Hall–Kier alpha value is -1.25. The summed E-state index contributed by atoms with van der Waals surface area (Å²) in [5, 5.41) is 5.51. The molecule has 2 N–H and O–H groups in total. The maximum Gasteiger partial charge on any atom is 0.422 e. The number of aromatic nitrogens is 1. The van der Waals surface area contributed by atoms with Crippen molar-refractivity contribution >= 4 is 30.7 Å². The third-order valence-corrected chi connectivity index (χ3v) is 2.63. The zero-order valence-electron chi connectivity index (χ0n) is 12.6. The molecule has 0 spiro atoms. The van der Waals surface area contributed by atoms with Crippen LogP contribution in [-0.4, -0.2) is 37.3 Å². The molecular weight excluding hydrogens is 358 g/mol. The highest BCUT2D eigenvalue weighted by Crippen LogP contribution is 2.19. The van der Waals surface area contributed by atoms with Gasteiger partial charge in [0.1, 0.15) is 0 Å². The molecule has 0 aliphatic heterocycles. The van der Waals surface area contributed by atoms with Crippen molar-refractivity contribution in [3.05, 3.63) is 23.9 Å². The van der Waals surface area contributed by atoms with Gasteiger partial charge in [0.2, 0.25) is 11.8 Å². The van der Waals surface area contributed by atoms with Gasteiger partial charge in [-0.25, -0.2) is 4.98 Å². The zero-order valence-corrected chi connectivity index (χ0v) is 14.3. The fourth-order valence-corrected chi connectivity index (χ4v) is 1.59. The van der Waals surface area contributed by atoms with Crippen LogP contribution in [0.15, 0.2) is 18.3 Å². The summed E-state index contributed by atoms with van der Waals surface area (Å²) in [6.07, 6.45) is -3.10. The maximum absolute atomic E-state index is 12.1. The molecule has 0 aliphatic carbocycles. The quantitative estimate of drug-likeness (QED) is 0.765. The number of halogens is 5. The number of ether oxygens (including phenoxy) is 1. The number of amides is 1. The number of hydrogen-bond acceptors (Lipinski definition) is 4. The van der Waals surface area contributed by atoms with Crippen molar-refractivity contribution in [3.8, 4) is 5.88 Å². The molecule has 1 rings (SSSR count). The molecule has 1 amide bonds. The Bertz CT molecular complexity index is 476. The second kappa shape index (κ2) is 11.3. The molecule has 0 radical (unpaired) electrons. The highest BCUT2D eigenvalue weighted by Gasteiger charge is 2.29. The van der Waals surface area contributed by atoms with Gasteiger partial charge in [-0.1, -0.05) is 13.0 Å². The molecule has 1 atom stereocenters. The smallest absolute Gasteiger partial charge is 0.422 e. The summed E-state index contributed by atoms with van der Waals surface area (Å²) in [5.41, 5.74) is 0.395. The van der Waals surface area contributed by atoms with E-state index in [9.17, 15) is 18.0 Å². The first-order valence-corrected chi connectivity index (χ1v) is 6.39. The van der Waals surface area contributed by atoms with Gasteiger partial charge in [0.15, 0.2) is 6.61 Å². The first kappa shape index (κ1) is 24.0. The summed E-state index contributed by atoms with van der Waals surface area (Å²) >= 11 is 0. The summed E-state index contributed by atoms with van der Waals surface area (Å²) in [7, 11) is 1.73. The summed E-state index contributed by atoms with van der Waals surface area (Å²) in [6.45, 7) is 0.904. The summed E-state index contributed by atoms with van der Waals surface area (Å²) in [5.74, 6) is -0.572. The Balaban J connectivity index is 0. The third-order valence-electron chi connectivity index (χ3n) is 2.63. The monoisotopic (exact) mass is 377 g/mol. The van der Waals surface area contributed by atoms with Crippen molar-refractivity contribution in [1.82, 2.24) is 15.6 Å². The lowest BCUT2D eigenvalue weighted by molar-refractivity contribution is -0.154. The number of nitrogens with zero attached hydrogens (tertiary/aromatic N) is 1. The molecule has 1 heterocycles. The minimum absolute atomic E-state index is 0. The number of pyridine rings is 1. The normalized spacial score (nSPS) is 11.7. The van der Waals surface area contributed by atoms with Gasteiger partial charge >= 0.3 is 6.18 Å². The lowest BCUT2D eigenvalue weighted by atomic mass is 10.1. The maximum atomic E-state index is 12.1. The van der Waals surface area contributed by atoms with Gasteiger partial charge in [0.25, 0.3) is 0 Å². The van der Waals surface area contributed by atoms with E-state index in [0.717, 1.165) is 0 Å². The SMILES string of the molecule is CNCC(C)C(=O)NCc1cccnc1OCC(F)(F)F.Cl.Cl. The molecule has 0 bridgehead atoms. The van der Waals surface area contributed by atoms with E-state index >= 15 is 0 Å². The van der Waals surface area contributed by atoms with Crippen molar-refractivity contribution < 1.29 is 22.7 Å². The number of rotatable bonds is 7. The number of nitrogens with one attached hydrogen (secondary N) is 2. The predicted octanol–water partition coefficient (Wildman–Crippen LogP) is 2.34. The average Bonchev–Trinajstić information content (AvgIpc) is 2.42. The van der Waals surface area contributed by atoms with Crippen LogP contribution < -0.4 is 15.4 Å². The lowest BCUT2D eigenvalue weighted by Crippen LogP contribution is -2.34. The molecule has 0 saturated carbocycles. The standard InChI is InChI=1S/C13H18F3N3O2.2ClH/c1-9(6-17-2)11(20)19-7-10-4-3-5-18-12(10)21-8-13(14,15)16;;/h3-5,9,17H,6-8H2,1-2H3,(H,19,20);2*1H. The molecule has 1 aromatic heterocycles. The number of carbonyl (C=O) groups excluding carboxylic acids is 1. The highest BCUT2D eigenvalue weighted by molar-refractivity contribution is 5.85. The van der Waals surface area contributed by atoms with Crippen LogP contribution in [0, 0.1) is 5.92 Å². The Kier molecular flexibility index (Phi) is 11.8. The largest absolute Gasteiger partial charge is 0.468 e. The van der Waals surface area contributed by atoms with Crippen molar-refractivity contribution in [2.45, 2.75) is 19.6 Å². The predicted molar refractivity (Wildman–Crippen MR) is 85.2 cm³/mol. The van der Waals surface area contributed by atoms with Crippen molar-refractivity contribution in [1.29, 1.82) is 0 Å². The average molecular weight is 378 g/mol. The highest BCUT2D eigenvalue weighted by atomic mass is 35.5. The molecule has 1 unspecified atom stereocenters. The Labute approximate surface area is 145 Å². The van der Waals surface area contributed by atoms with E-state index in [0.29, 0.717) is 12.1 Å². The summed E-state index contributed by atoms with van der Waals surface area (Å²) in [4.78, 5) is 15.5. The molecule has 10 heteroatoms. The number of carbonyl (C=O) groups is 1. The summed E-state index contributed by atoms with van der Waals surface area (Å²) < 4.78 is 41.1. The molecule has 134 valence electrons. The van der Waals surface area contributed by atoms with Gasteiger partial charge in [-0.2, -0.15) is 13.2 Å². The van der Waals surface area contributed by atoms with E-state index in [1.165, 1.54) is 6.20 Å². The van der Waals surface area contributed by atoms with Crippen LogP contribution in [-0.2, 0) is 11.3 Å². The first-order chi connectivity index (χ1) is 9.83. The summed E-state index contributed by atoms with van der Waals surface area (Å²) in [6, 6.07) is 3.13. The van der Waals surface area contributed by atoms with Gasteiger partial charge in [-0.3, -0.25) is 4.79 Å². The molecule has 0 saturated heterocycles. The second-order valence-electron chi connectivity index (χ2n) is 4.55. The molecule has 23 heavy (non-hydrogen) atoms. The van der Waals surface area contributed by atoms with Gasteiger partial charge in [0, 0.05) is 30.8 Å². The topological polar surface area (TPSA) is 63.2 Å². The Morgan fingerprint density at radius 2 is 2.04 bits per heavy atom. The van der Waals surface area contributed by atoms with E-state index in [-0.39, 0.29) is 49.1 Å². The Morgan fingerprint density at radius 3 is 2.61 bits per heavy atom. The van der Waals surface area contributed by atoms with Crippen LogP contribution in [0.2, 0.25) is 0 Å². The molecular formula is C13H20Cl2F3N3O2. The van der Waals surface area contributed by atoms with Gasteiger partial charge in [-0.05, 0) is 13.1 Å². The van der Waals surface area contributed by atoms with Gasteiger partial charge in [0.05, 0.1) is 0 Å². The van der Waals surface area contributed by atoms with Crippen LogP contribution in [0.25, 0.3) is 0 Å². The molecule has 0 aliphatic rings. The molecule has 5 nitrogen and oxygen atoms in total. The number of hydrogen-bond donors (Lipinski definition) is 2. The van der Waals surface area contributed by atoms with Crippen molar-refractivity contribution in [2.75, 3.05) is 20.2 Å². The fourth-order valence-electron chi connectivity index (χ4n) is 1.59. The van der Waals surface area contributed by atoms with Crippen LogP contribution in [0.5, 0.6) is 5.88 Å². The molecule has 0 fully saturated rings. The third kappa shape index (κ3) is 9.47. The van der Waals surface area contributed by atoms with Crippen LogP contribution >= 0.6 is 24.8 Å². The van der Waals surface area contributed by atoms with Crippen LogP contribution in [0.3, 0.4) is 0 Å². The van der Waals surface area contributed by atoms with Gasteiger partial charge in [-0.15, -0.1) is 24.8 Å². The molecule has 0 aromatic carbocycles. The Morgan fingerprint density at radius 1 is 1.39 bits per heavy atom. The van der Waals surface area contributed by atoms with E-state index in [2.05, 4.69) is 20.4 Å². The fraction of sp³-hybridized carbons (Fsp3) is 0.538. The van der Waals surface area contributed by atoms with Crippen molar-refractivity contribution in [3.63, 3.8) is 0 Å². The number of alkyl halides is 3. The first-order valence-electron chi connectivity index (χ1n) is 6.39. The van der Waals surface area contributed by atoms with E-state index < -0.39 is 12.8 Å². The minimum atomic E-state index is -4.43. The molecule has 1 aromatic rings.